The van der Waals surface area contributed by atoms with Gasteiger partial charge < -0.3 is 14.8 Å². The highest BCUT2D eigenvalue weighted by Gasteiger charge is 2.41. The molecule has 7 aromatic rings. The molecule has 2 aromatic heterocycles. The fourth-order valence-electron chi connectivity index (χ4n) is 8.10. The van der Waals surface area contributed by atoms with E-state index < -0.39 is 0 Å². The molecule has 3 aliphatic rings. The van der Waals surface area contributed by atoms with Crippen LogP contribution in [0.3, 0.4) is 0 Å². The summed E-state index contributed by atoms with van der Waals surface area (Å²) in [4.78, 5) is 7.82. The summed E-state index contributed by atoms with van der Waals surface area (Å²) >= 11 is 0. The van der Waals surface area contributed by atoms with Crippen molar-refractivity contribution in [2.24, 2.45) is 0 Å². The van der Waals surface area contributed by atoms with Crippen LogP contribution >= 0.6 is 0 Å². The van der Waals surface area contributed by atoms with Crippen molar-refractivity contribution in [3.05, 3.63) is 199 Å². The van der Waals surface area contributed by atoms with Crippen LogP contribution in [0.4, 0.5) is 5.69 Å². The first kappa shape index (κ1) is 28.6. The lowest BCUT2D eigenvalue weighted by molar-refractivity contribution is 0.622. The van der Waals surface area contributed by atoms with Crippen molar-refractivity contribution < 1.29 is 0 Å². The van der Waals surface area contributed by atoms with E-state index in [0.717, 1.165) is 34.0 Å². The van der Waals surface area contributed by atoms with Gasteiger partial charge >= 0.3 is 0 Å². The highest BCUT2D eigenvalue weighted by molar-refractivity contribution is 6.17. The van der Waals surface area contributed by atoms with E-state index in [1.165, 1.54) is 38.6 Å². The molecule has 0 bridgehead atoms. The average molecular weight is 643 g/mol. The molecule has 10 rings (SSSR count). The number of rotatable bonds is 5. The number of dihydropyridines is 1. The summed E-state index contributed by atoms with van der Waals surface area (Å²) in [6, 6.07) is 49.8. The number of nitrogens with zero attached hydrogens (tertiary/aromatic N) is 3. The summed E-state index contributed by atoms with van der Waals surface area (Å²) in [6.45, 7) is 0. The van der Waals surface area contributed by atoms with Gasteiger partial charge in [-0.3, -0.25) is 4.98 Å². The maximum atomic E-state index is 5.28. The van der Waals surface area contributed by atoms with Crippen molar-refractivity contribution in [3.8, 4) is 28.1 Å². The highest BCUT2D eigenvalue weighted by Crippen LogP contribution is 2.51. The van der Waals surface area contributed by atoms with E-state index in [0.29, 0.717) is 0 Å². The standard InChI is InChI=1S/C46H34N4/c1-4-15-31(16-5-1)33-29-39(32-17-6-2-7-18-32)47-40(30-33)38-23-14-26-44(48-38)50-41-24-12-10-21-35(41)36-27-28-43-45(46(36)50)37-22-11-13-25-42(37)49(43)34-19-8-3-9-20-34/h1-30,35,38,41,48H. The maximum absolute atomic E-state index is 5.28. The number of anilines is 1. The van der Waals surface area contributed by atoms with Crippen molar-refractivity contribution >= 4 is 27.5 Å². The quantitative estimate of drug-likeness (QED) is 0.203. The number of benzene rings is 5. The average Bonchev–Trinajstić information content (AvgIpc) is 3.72. The Hall–Kier alpha value is -6.39. The van der Waals surface area contributed by atoms with Crippen molar-refractivity contribution in [1.29, 1.82) is 0 Å². The van der Waals surface area contributed by atoms with Gasteiger partial charge in [0.15, 0.2) is 0 Å². The predicted molar refractivity (Wildman–Crippen MR) is 206 cm³/mol. The molecule has 1 N–H and O–H groups in total. The molecule has 1 aliphatic carbocycles. The summed E-state index contributed by atoms with van der Waals surface area (Å²) in [5, 5.41) is 6.50. The molecular weight excluding hydrogens is 609 g/mol. The first-order valence-electron chi connectivity index (χ1n) is 17.4. The molecule has 3 unspecified atom stereocenters. The number of fused-ring (bicyclic) bond motifs is 7. The Bertz CT molecular complexity index is 2470. The Kier molecular flexibility index (Phi) is 6.66. The Morgan fingerprint density at radius 2 is 1.30 bits per heavy atom. The third-order valence-electron chi connectivity index (χ3n) is 10.3. The SMILES string of the molecule is C1=CC(c2cc(-c3ccccc3)cc(-c3ccccc3)n2)NC(N2c3c(ccc4c3c3ccccc3n4-c3ccccc3)C3C=CC=CC32)=C1. The number of para-hydroxylation sites is 2. The Morgan fingerprint density at radius 3 is 2.12 bits per heavy atom. The van der Waals surface area contributed by atoms with Gasteiger partial charge in [-0.2, -0.15) is 0 Å². The van der Waals surface area contributed by atoms with Gasteiger partial charge in [0.25, 0.3) is 0 Å². The van der Waals surface area contributed by atoms with Crippen LogP contribution in [0.5, 0.6) is 0 Å². The van der Waals surface area contributed by atoms with E-state index in [1.54, 1.807) is 0 Å². The van der Waals surface area contributed by atoms with Crippen molar-refractivity contribution in [1.82, 2.24) is 14.9 Å². The largest absolute Gasteiger partial charge is 0.360 e. The number of aromatic nitrogens is 2. The van der Waals surface area contributed by atoms with Crippen LogP contribution in [0, 0.1) is 0 Å². The molecule has 4 heteroatoms. The van der Waals surface area contributed by atoms with Gasteiger partial charge in [0.2, 0.25) is 0 Å². The van der Waals surface area contributed by atoms with Gasteiger partial charge in [0, 0.05) is 27.9 Å². The summed E-state index contributed by atoms with van der Waals surface area (Å²) in [5.74, 6) is 1.32. The van der Waals surface area contributed by atoms with Crippen molar-refractivity contribution in [2.45, 2.75) is 18.0 Å². The van der Waals surface area contributed by atoms with E-state index in [9.17, 15) is 0 Å². The van der Waals surface area contributed by atoms with Gasteiger partial charge in [-0.25, -0.2) is 0 Å². The summed E-state index contributed by atoms with van der Waals surface area (Å²) in [5.41, 5.74) is 11.6. The van der Waals surface area contributed by atoms with E-state index in [4.69, 9.17) is 4.98 Å². The zero-order valence-corrected chi connectivity index (χ0v) is 27.4. The van der Waals surface area contributed by atoms with Gasteiger partial charge in [-0.1, -0.05) is 140 Å². The van der Waals surface area contributed by atoms with E-state index in [-0.39, 0.29) is 18.0 Å². The molecule has 50 heavy (non-hydrogen) atoms. The van der Waals surface area contributed by atoms with Gasteiger partial charge in [-0.05, 0) is 59.2 Å². The maximum Gasteiger partial charge on any atom is 0.107 e. The molecule has 0 radical (unpaired) electrons. The van der Waals surface area contributed by atoms with E-state index >= 15 is 0 Å². The first-order valence-corrected chi connectivity index (χ1v) is 17.4. The number of hydrogen-bond acceptors (Lipinski definition) is 3. The lowest BCUT2D eigenvalue weighted by atomic mass is 9.91. The molecule has 4 heterocycles. The Labute approximate surface area is 291 Å². The van der Waals surface area contributed by atoms with Crippen LogP contribution in [0.25, 0.3) is 49.9 Å². The van der Waals surface area contributed by atoms with Crippen LogP contribution in [0.2, 0.25) is 0 Å². The minimum Gasteiger partial charge on any atom is -0.360 e. The zero-order valence-electron chi connectivity index (χ0n) is 27.4. The third-order valence-corrected chi connectivity index (χ3v) is 10.3. The minimum atomic E-state index is -0.114. The van der Waals surface area contributed by atoms with Gasteiger partial charge in [0.1, 0.15) is 5.82 Å². The van der Waals surface area contributed by atoms with Gasteiger partial charge in [0.05, 0.1) is 40.2 Å². The summed E-state index contributed by atoms with van der Waals surface area (Å²) in [7, 11) is 0. The normalized spacial score (nSPS) is 19.0. The second kappa shape index (κ2) is 11.6. The molecule has 0 saturated heterocycles. The van der Waals surface area contributed by atoms with Crippen LogP contribution in [0.1, 0.15) is 23.2 Å². The topological polar surface area (TPSA) is 33.1 Å². The first-order chi connectivity index (χ1) is 24.8. The van der Waals surface area contributed by atoms with Crippen molar-refractivity contribution in [2.75, 3.05) is 4.90 Å². The van der Waals surface area contributed by atoms with Crippen LogP contribution in [-0.2, 0) is 0 Å². The molecular formula is C46H34N4. The van der Waals surface area contributed by atoms with E-state index in [2.05, 4.69) is 197 Å². The molecule has 2 aliphatic heterocycles. The van der Waals surface area contributed by atoms with E-state index in [1.807, 2.05) is 0 Å². The smallest absolute Gasteiger partial charge is 0.107 e. The lowest BCUT2D eigenvalue weighted by Crippen LogP contribution is -2.40. The van der Waals surface area contributed by atoms with Gasteiger partial charge in [-0.15, -0.1) is 0 Å². The molecule has 0 amide bonds. The van der Waals surface area contributed by atoms with Crippen molar-refractivity contribution in [3.63, 3.8) is 0 Å². The molecule has 3 atom stereocenters. The fraction of sp³-hybridized carbons (Fsp3) is 0.0652. The molecule has 0 saturated carbocycles. The monoisotopic (exact) mass is 642 g/mol. The van der Waals surface area contributed by atoms with Crippen LogP contribution in [-0.4, -0.2) is 15.6 Å². The number of allylic oxidation sites excluding steroid dienone is 4. The highest BCUT2D eigenvalue weighted by atomic mass is 15.3. The van der Waals surface area contributed by atoms with Crippen LogP contribution < -0.4 is 10.2 Å². The zero-order chi connectivity index (χ0) is 33.0. The predicted octanol–water partition coefficient (Wildman–Crippen LogP) is 10.7. The molecule has 5 aromatic carbocycles. The lowest BCUT2D eigenvalue weighted by Gasteiger charge is -2.34. The molecule has 4 nitrogen and oxygen atoms in total. The summed E-state index contributed by atoms with van der Waals surface area (Å²) in [6.07, 6.45) is 15.7. The number of nitrogens with one attached hydrogen (secondary N) is 1. The molecule has 0 fully saturated rings. The molecule has 0 spiro atoms. The van der Waals surface area contributed by atoms with Crippen LogP contribution in [0.15, 0.2) is 188 Å². The second-order valence-corrected chi connectivity index (χ2v) is 13.2. The third kappa shape index (κ3) is 4.56. The number of hydrogen-bond donors (Lipinski definition) is 1. The molecule has 238 valence electrons. The minimum absolute atomic E-state index is 0.114. The Balaban J connectivity index is 1.12. The fourth-order valence-corrected chi connectivity index (χ4v) is 8.10. The summed E-state index contributed by atoms with van der Waals surface area (Å²) < 4.78 is 2.41. The number of pyridine rings is 1. The second-order valence-electron chi connectivity index (χ2n) is 13.2. The Morgan fingerprint density at radius 1 is 0.580 bits per heavy atom.